The highest BCUT2D eigenvalue weighted by molar-refractivity contribution is 6.04. The maximum atomic E-state index is 13.0. The van der Waals surface area contributed by atoms with E-state index in [1.807, 2.05) is 56.3 Å². The Morgan fingerprint density at radius 2 is 1.85 bits per heavy atom. The van der Waals surface area contributed by atoms with Crippen molar-refractivity contribution in [2.45, 2.75) is 32.6 Å². The molecule has 5 nitrogen and oxygen atoms in total. The molecule has 5 heteroatoms. The summed E-state index contributed by atoms with van der Waals surface area (Å²) in [6, 6.07) is 13.3. The van der Waals surface area contributed by atoms with Crippen LogP contribution in [0.1, 0.15) is 38.2 Å². The maximum absolute atomic E-state index is 13.0. The zero-order valence-corrected chi connectivity index (χ0v) is 15.2. The number of carbonyl (C=O) groups is 2. The van der Waals surface area contributed by atoms with Crippen molar-refractivity contribution in [3.05, 3.63) is 70.8 Å². The predicted molar refractivity (Wildman–Crippen MR) is 99.0 cm³/mol. The van der Waals surface area contributed by atoms with Gasteiger partial charge in [0.05, 0.1) is 5.97 Å². The fraction of sp³-hybridized carbons (Fsp3) is 0.273. The largest absolute Gasteiger partial charge is 0.545 e. The van der Waals surface area contributed by atoms with Crippen molar-refractivity contribution in [3.63, 3.8) is 0 Å². The third kappa shape index (κ3) is 2.79. The molecule has 27 heavy (non-hydrogen) atoms. The van der Waals surface area contributed by atoms with Gasteiger partial charge in [-0.25, -0.2) is 0 Å². The number of rotatable bonds is 2. The minimum atomic E-state index is -1.42. The van der Waals surface area contributed by atoms with Crippen LogP contribution in [0.5, 0.6) is 0 Å². The molecule has 2 aromatic rings. The van der Waals surface area contributed by atoms with Crippen LogP contribution >= 0.6 is 0 Å². The van der Waals surface area contributed by atoms with Gasteiger partial charge in [-0.1, -0.05) is 56.3 Å². The summed E-state index contributed by atoms with van der Waals surface area (Å²) < 4.78 is 5.63. The summed E-state index contributed by atoms with van der Waals surface area (Å²) in [5, 5.41) is 13.8. The topological polar surface area (TPSA) is 92.5 Å². The molecule has 0 aromatic heterocycles. The van der Waals surface area contributed by atoms with E-state index >= 15 is 0 Å². The molecule has 0 radical (unpaired) electrons. The molecule has 0 saturated carbocycles. The van der Waals surface area contributed by atoms with E-state index in [0.29, 0.717) is 24.2 Å². The van der Waals surface area contributed by atoms with Crippen LogP contribution in [0, 0.1) is 5.41 Å². The molecule has 2 aliphatic rings. The van der Waals surface area contributed by atoms with Gasteiger partial charge in [-0.2, -0.15) is 0 Å². The smallest absolute Gasteiger partial charge is 0.196 e. The van der Waals surface area contributed by atoms with Crippen LogP contribution in [-0.2, 0) is 14.3 Å². The Labute approximate surface area is 157 Å². The van der Waals surface area contributed by atoms with Crippen LogP contribution in [0.2, 0.25) is 0 Å². The normalized spacial score (nSPS) is 21.9. The number of hydrogen-bond acceptors (Lipinski definition) is 5. The van der Waals surface area contributed by atoms with E-state index in [2.05, 4.69) is 0 Å². The molecule has 0 spiro atoms. The highest BCUT2D eigenvalue weighted by atomic mass is 16.5. The first kappa shape index (κ1) is 17.3. The van der Waals surface area contributed by atoms with Gasteiger partial charge in [-0.3, -0.25) is 4.79 Å². The lowest BCUT2D eigenvalue weighted by atomic mass is 9.69. The number of ether oxygens (including phenoxy) is 1. The van der Waals surface area contributed by atoms with Crippen LogP contribution < -0.4 is 10.8 Å². The highest BCUT2D eigenvalue weighted by Gasteiger charge is 2.43. The summed E-state index contributed by atoms with van der Waals surface area (Å²) in [4.78, 5) is 25.0. The molecule has 0 fully saturated rings. The number of carboxylic acids is 1. The summed E-state index contributed by atoms with van der Waals surface area (Å²) >= 11 is 0. The van der Waals surface area contributed by atoms with Gasteiger partial charge in [-0.15, -0.1) is 0 Å². The molecule has 1 aliphatic carbocycles. The van der Waals surface area contributed by atoms with Gasteiger partial charge in [-0.05, 0) is 21.8 Å². The number of benzene rings is 2. The van der Waals surface area contributed by atoms with Crippen molar-refractivity contribution in [1.82, 2.24) is 0 Å². The second kappa shape index (κ2) is 5.98. The molecular formula is C22H20NO4-. The maximum Gasteiger partial charge on any atom is 0.196 e. The monoisotopic (exact) mass is 362 g/mol. The van der Waals surface area contributed by atoms with Crippen LogP contribution in [0.15, 0.2) is 65.3 Å². The van der Waals surface area contributed by atoms with E-state index in [1.165, 1.54) is 0 Å². The van der Waals surface area contributed by atoms with Crippen LogP contribution in [0.3, 0.4) is 0 Å². The number of allylic oxidation sites excluding steroid dienone is 2. The van der Waals surface area contributed by atoms with Crippen molar-refractivity contribution in [3.8, 4) is 0 Å². The SMILES string of the molecule is CC1(C)CC(=O)C2=C(C1)OC(N)=C(C(=O)[O-])C2c1cccc2ccccc12. The van der Waals surface area contributed by atoms with Gasteiger partial charge < -0.3 is 20.4 Å². The molecule has 1 heterocycles. The summed E-state index contributed by atoms with van der Waals surface area (Å²) in [6.07, 6.45) is 0.854. The molecule has 4 rings (SSSR count). The Kier molecular flexibility index (Phi) is 3.84. The number of carboxylic acid groups (broad SMARTS) is 1. The van der Waals surface area contributed by atoms with Gasteiger partial charge >= 0.3 is 0 Å². The lowest BCUT2D eigenvalue weighted by molar-refractivity contribution is -0.299. The lowest BCUT2D eigenvalue weighted by Crippen LogP contribution is -2.38. The summed E-state index contributed by atoms with van der Waals surface area (Å²) in [5.74, 6) is -2.05. The molecule has 138 valence electrons. The quantitative estimate of drug-likeness (QED) is 0.886. The summed E-state index contributed by atoms with van der Waals surface area (Å²) in [7, 11) is 0. The van der Waals surface area contributed by atoms with Gasteiger partial charge in [0, 0.05) is 29.9 Å². The third-order valence-electron chi connectivity index (χ3n) is 5.31. The van der Waals surface area contributed by atoms with E-state index in [0.717, 1.165) is 16.3 Å². The molecule has 0 bridgehead atoms. The number of Topliss-reactive ketones (excluding diaryl/α,β-unsaturated/α-hetero) is 1. The molecule has 0 saturated heterocycles. The number of carbonyl (C=O) groups excluding carboxylic acids is 2. The Morgan fingerprint density at radius 1 is 1.15 bits per heavy atom. The van der Waals surface area contributed by atoms with Crippen LogP contribution in [-0.4, -0.2) is 11.8 Å². The average Bonchev–Trinajstić information content (AvgIpc) is 2.58. The van der Waals surface area contributed by atoms with Crippen molar-refractivity contribution in [1.29, 1.82) is 0 Å². The van der Waals surface area contributed by atoms with Crippen molar-refractivity contribution < 1.29 is 19.4 Å². The first-order chi connectivity index (χ1) is 12.8. The predicted octanol–water partition coefficient (Wildman–Crippen LogP) is 2.52. The zero-order chi connectivity index (χ0) is 19.3. The average molecular weight is 362 g/mol. The minimum absolute atomic E-state index is 0.106. The van der Waals surface area contributed by atoms with Gasteiger partial charge in [0.1, 0.15) is 5.76 Å². The standard InChI is InChI=1S/C22H21NO4/c1-22(2)10-15(24)18-16(11-22)27-20(23)19(21(25)26)17(18)14-9-5-7-12-6-3-4-8-13(12)14/h3-9,17H,10-11,23H2,1-2H3,(H,25,26)/p-1. The first-order valence-electron chi connectivity index (χ1n) is 8.91. The van der Waals surface area contributed by atoms with Crippen LogP contribution in [0.25, 0.3) is 10.8 Å². The number of ketones is 1. The summed E-state index contributed by atoms with van der Waals surface area (Å²) in [6.45, 7) is 3.97. The van der Waals surface area contributed by atoms with Gasteiger partial charge in [0.2, 0.25) is 0 Å². The first-order valence-corrected chi connectivity index (χ1v) is 8.91. The van der Waals surface area contributed by atoms with Crippen molar-refractivity contribution in [2.24, 2.45) is 11.1 Å². The van der Waals surface area contributed by atoms with Gasteiger partial charge in [0.25, 0.3) is 0 Å². The summed E-state index contributed by atoms with van der Waals surface area (Å²) in [5.41, 5.74) is 6.65. The van der Waals surface area contributed by atoms with E-state index in [1.54, 1.807) is 0 Å². The molecule has 0 amide bonds. The lowest BCUT2D eigenvalue weighted by Gasteiger charge is -2.39. The number of hydrogen-bond donors (Lipinski definition) is 1. The Balaban J connectivity index is 2.01. The van der Waals surface area contributed by atoms with Crippen molar-refractivity contribution >= 4 is 22.5 Å². The molecule has 2 aromatic carbocycles. The third-order valence-corrected chi connectivity index (χ3v) is 5.31. The second-order valence-electron chi connectivity index (χ2n) is 7.95. The molecular weight excluding hydrogens is 342 g/mol. The Morgan fingerprint density at radius 3 is 2.59 bits per heavy atom. The second-order valence-corrected chi connectivity index (χ2v) is 7.95. The number of fused-ring (bicyclic) bond motifs is 1. The molecule has 2 N–H and O–H groups in total. The zero-order valence-electron chi connectivity index (χ0n) is 15.2. The van der Waals surface area contributed by atoms with E-state index in [4.69, 9.17) is 10.5 Å². The number of nitrogens with two attached hydrogens (primary N) is 1. The fourth-order valence-electron chi connectivity index (χ4n) is 4.20. The Hall–Kier alpha value is -3.08. The molecule has 1 unspecified atom stereocenters. The molecule has 1 atom stereocenters. The highest BCUT2D eigenvalue weighted by Crippen LogP contribution is 2.48. The molecule has 1 aliphatic heterocycles. The van der Waals surface area contributed by atoms with Gasteiger partial charge in [0.15, 0.2) is 11.7 Å². The van der Waals surface area contributed by atoms with E-state index < -0.39 is 11.9 Å². The minimum Gasteiger partial charge on any atom is -0.545 e. The Bertz CT molecular complexity index is 1040. The fourth-order valence-corrected chi connectivity index (χ4v) is 4.20. The van der Waals surface area contributed by atoms with E-state index in [-0.39, 0.29) is 22.7 Å². The van der Waals surface area contributed by atoms with Crippen LogP contribution in [0.4, 0.5) is 0 Å². The van der Waals surface area contributed by atoms with Crippen molar-refractivity contribution in [2.75, 3.05) is 0 Å². The number of aliphatic carboxylic acids is 1. The van der Waals surface area contributed by atoms with E-state index in [9.17, 15) is 14.7 Å².